The first-order valence-corrected chi connectivity index (χ1v) is 6.20. The third kappa shape index (κ3) is 3.79. The quantitative estimate of drug-likeness (QED) is 0.660. The second kappa shape index (κ2) is 5.60. The fourth-order valence-corrected chi connectivity index (χ4v) is 1.74. The van der Waals surface area contributed by atoms with Gasteiger partial charge < -0.3 is 15.8 Å². The lowest BCUT2D eigenvalue weighted by Gasteiger charge is -2.13. The van der Waals surface area contributed by atoms with Crippen molar-refractivity contribution in [1.82, 2.24) is 5.32 Å². The van der Waals surface area contributed by atoms with Crippen molar-refractivity contribution in [2.24, 2.45) is 10.7 Å². The van der Waals surface area contributed by atoms with Crippen LogP contribution >= 0.6 is 0 Å². The number of guanidine groups is 1. The van der Waals surface area contributed by atoms with E-state index in [9.17, 15) is 13.2 Å². The number of nitrogens with two attached hydrogens (primary N) is 1. The molecule has 0 amide bonds. The Labute approximate surface area is 114 Å². The van der Waals surface area contributed by atoms with Crippen molar-refractivity contribution < 1.29 is 17.9 Å². The molecule has 0 aromatic heterocycles. The Balaban J connectivity index is 2.17. The standard InChI is InChI=1S/C13H16F3N3O/c1-20-10-5-2-8(11(6-10)13(14,15)16)7-18-12(17)19-9-3-4-9/h2,5-6,9H,3-4,7H2,1H3,(H3,17,18,19). The Morgan fingerprint density at radius 2 is 2.15 bits per heavy atom. The van der Waals surface area contributed by atoms with E-state index in [1.165, 1.54) is 19.2 Å². The molecule has 1 aromatic rings. The van der Waals surface area contributed by atoms with E-state index in [0.717, 1.165) is 18.9 Å². The first kappa shape index (κ1) is 14.5. The number of nitrogens with one attached hydrogen (secondary N) is 1. The van der Waals surface area contributed by atoms with Crippen molar-refractivity contribution in [2.75, 3.05) is 7.11 Å². The third-order valence-electron chi connectivity index (χ3n) is 2.97. The van der Waals surface area contributed by atoms with E-state index >= 15 is 0 Å². The molecule has 7 heteroatoms. The summed E-state index contributed by atoms with van der Waals surface area (Å²) >= 11 is 0. The number of benzene rings is 1. The van der Waals surface area contributed by atoms with Gasteiger partial charge in [0.25, 0.3) is 0 Å². The summed E-state index contributed by atoms with van der Waals surface area (Å²) in [6.07, 6.45) is -2.41. The smallest absolute Gasteiger partial charge is 0.416 e. The monoisotopic (exact) mass is 287 g/mol. The molecule has 0 saturated heterocycles. The van der Waals surface area contributed by atoms with Gasteiger partial charge in [0.15, 0.2) is 5.96 Å². The molecule has 0 bridgehead atoms. The van der Waals surface area contributed by atoms with Crippen molar-refractivity contribution in [2.45, 2.75) is 31.6 Å². The lowest BCUT2D eigenvalue weighted by Crippen LogP contribution is -2.33. The zero-order valence-electron chi connectivity index (χ0n) is 11.0. The van der Waals surface area contributed by atoms with Gasteiger partial charge in [0.1, 0.15) is 5.75 Å². The van der Waals surface area contributed by atoms with Crippen LogP contribution in [0.15, 0.2) is 23.2 Å². The molecule has 1 saturated carbocycles. The zero-order chi connectivity index (χ0) is 14.8. The van der Waals surface area contributed by atoms with Gasteiger partial charge in [0.2, 0.25) is 0 Å². The fraction of sp³-hybridized carbons (Fsp3) is 0.462. The highest BCUT2D eigenvalue weighted by atomic mass is 19.4. The SMILES string of the molecule is COc1ccc(CN=C(N)NC2CC2)c(C(F)(F)F)c1. The maximum Gasteiger partial charge on any atom is 0.416 e. The second-order valence-corrected chi connectivity index (χ2v) is 4.64. The average molecular weight is 287 g/mol. The highest BCUT2D eigenvalue weighted by Crippen LogP contribution is 2.34. The maximum atomic E-state index is 13.0. The average Bonchev–Trinajstić information content (AvgIpc) is 3.19. The minimum Gasteiger partial charge on any atom is -0.497 e. The van der Waals surface area contributed by atoms with E-state index in [2.05, 4.69) is 10.3 Å². The number of nitrogens with zero attached hydrogens (tertiary/aromatic N) is 1. The van der Waals surface area contributed by atoms with Crippen LogP contribution in [-0.2, 0) is 12.7 Å². The van der Waals surface area contributed by atoms with Gasteiger partial charge in [0.05, 0.1) is 19.2 Å². The van der Waals surface area contributed by atoms with Crippen LogP contribution in [0.5, 0.6) is 5.75 Å². The molecule has 0 aliphatic heterocycles. The van der Waals surface area contributed by atoms with Gasteiger partial charge in [-0.15, -0.1) is 0 Å². The van der Waals surface area contributed by atoms with Gasteiger partial charge in [0, 0.05) is 6.04 Å². The number of aliphatic imine (C=N–C) groups is 1. The summed E-state index contributed by atoms with van der Waals surface area (Å²) in [5.74, 6) is 0.338. The zero-order valence-corrected chi connectivity index (χ0v) is 11.0. The van der Waals surface area contributed by atoms with E-state index in [1.54, 1.807) is 0 Å². The third-order valence-corrected chi connectivity index (χ3v) is 2.97. The number of methoxy groups -OCH3 is 1. The van der Waals surface area contributed by atoms with Gasteiger partial charge in [-0.1, -0.05) is 6.07 Å². The Bertz CT molecular complexity index is 510. The highest BCUT2D eigenvalue weighted by molar-refractivity contribution is 5.78. The topological polar surface area (TPSA) is 59.6 Å². The Morgan fingerprint density at radius 1 is 1.45 bits per heavy atom. The molecular weight excluding hydrogens is 271 g/mol. The molecular formula is C13H16F3N3O. The van der Waals surface area contributed by atoms with Crippen LogP contribution in [0.3, 0.4) is 0 Å². The Kier molecular flexibility index (Phi) is 4.06. The number of hydrogen-bond acceptors (Lipinski definition) is 2. The number of alkyl halides is 3. The van der Waals surface area contributed by atoms with Crippen LogP contribution in [-0.4, -0.2) is 19.1 Å². The van der Waals surface area contributed by atoms with Gasteiger partial charge in [-0.2, -0.15) is 13.2 Å². The molecule has 110 valence electrons. The Morgan fingerprint density at radius 3 is 2.70 bits per heavy atom. The van der Waals surface area contributed by atoms with Crippen LogP contribution < -0.4 is 15.8 Å². The lowest BCUT2D eigenvalue weighted by atomic mass is 10.1. The van der Waals surface area contributed by atoms with E-state index in [4.69, 9.17) is 10.5 Å². The number of rotatable bonds is 4. The minimum atomic E-state index is -4.45. The number of ether oxygens (including phenoxy) is 1. The normalized spacial score (nSPS) is 16.1. The number of hydrogen-bond donors (Lipinski definition) is 2. The summed E-state index contributed by atoms with van der Waals surface area (Å²) in [7, 11) is 1.32. The molecule has 0 radical (unpaired) electrons. The van der Waals surface area contributed by atoms with E-state index < -0.39 is 11.7 Å². The summed E-state index contributed by atoms with van der Waals surface area (Å²) in [6, 6.07) is 4.12. The van der Waals surface area contributed by atoms with Crippen LogP contribution in [0.4, 0.5) is 13.2 Å². The first-order chi connectivity index (χ1) is 9.40. The summed E-state index contributed by atoms with van der Waals surface area (Å²) in [6.45, 7) is -0.121. The van der Waals surface area contributed by atoms with Gasteiger partial charge in [-0.3, -0.25) is 0 Å². The molecule has 20 heavy (non-hydrogen) atoms. The molecule has 1 aromatic carbocycles. The fourth-order valence-electron chi connectivity index (χ4n) is 1.74. The number of halogens is 3. The molecule has 1 fully saturated rings. The van der Waals surface area contributed by atoms with Crippen LogP contribution in [0.25, 0.3) is 0 Å². The summed E-state index contributed by atoms with van der Waals surface area (Å²) in [4.78, 5) is 3.95. The van der Waals surface area contributed by atoms with Crippen LogP contribution in [0, 0.1) is 0 Å². The summed E-state index contributed by atoms with van der Waals surface area (Å²) in [5, 5.41) is 2.93. The minimum absolute atomic E-state index is 0.0684. The van der Waals surface area contributed by atoms with Crippen molar-refractivity contribution in [1.29, 1.82) is 0 Å². The summed E-state index contributed by atoms with van der Waals surface area (Å²) in [5.41, 5.74) is 4.93. The molecule has 1 aliphatic rings. The van der Waals surface area contributed by atoms with E-state index in [-0.39, 0.29) is 23.8 Å². The molecule has 4 nitrogen and oxygen atoms in total. The van der Waals surface area contributed by atoms with Crippen molar-refractivity contribution in [3.05, 3.63) is 29.3 Å². The van der Waals surface area contributed by atoms with E-state index in [0.29, 0.717) is 6.04 Å². The van der Waals surface area contributed by atoms with Crippen LogP contribution in [0.1, 0.15) is 24.0 Å². The molecule has 3 N–H and O–H groups in total. The molecule has 2 rings (SSSR count). The summed E-state index contributed by atoms with van der Waals surface area (Å²) < 4.78 is 43.7. The highest BCUT2D eigenvalue weighted by Gasteiger charge is 2.33. The molecule has 0 heterocycles. The maximum absolute atomic E-state index is 13.0. The van der Waals surface area contributed by atoms with Crippen molar-refractivity contribution >= 4 is 5.96 Å². The van der Waals surface area contributed by atoms with Gasteiger partial charge in [-0.05, 0) is 30.5 Å². The largest absolute Gasteiger partial charge is 0.497 e. The van der Waals surface area contributed by atoms with Gasteiger partial charge >= 0.3 is 6.18 Å². The Hall–Kier alpha value is -1.92. The predicted molar refractivity (Wildman–Crippen MR) is 69.5 cm³/mol. The first-order valence-electron chi connectivity index (χ1n) is 6.20. The second-order valence-electron chi connectivity index (χ2n) is 4.64. The molecule has 0 spiro atoms. The van der Waals surface area contributed by atoms with Crippen molar-refractivity contribution in [3.8, 4) is 5.75 Å². The molecule has 0 atom stereocenters. The molecule has 1 aliphatic carbocycles. The lowest BCUT2D eigenvalue weighted by molar-refractivity contribution is -0.138. The predicted octanol–water partition coefficient (Wildman–Crippen LogP) is 2.28. The molecule has 0 unspecified atom stereocenters. The van der Waals surface area contributed by atoms with Gasteiger partial charge in [-0.25, -0.2) is 4.99 Å². The van der Waals surface area contributed by atoms with Crippen molar-refractivity contribution in [3.63, 3.8) is 0 Å². The van der Waals surface area contributed by atoms with Crippen LogP contribution in [0.2, 0.25) is 0 Å². The van der Waals surface area contributed by atoms with E-state index in [1.807, 2.05) is 0 Å².